The first kappa shape index (κ1) is 14.4. The van der Waals surface area contributed by atoms with Crippen molar-refractivity contribution in [2.45, 2.75) is 57.6 Å². The summed E-state index contributed by atoms with van der Waals surface area (Å²) in [4.78, 5) is 0. The predicted octanol–water partition coefficient (Wildman–Crippen LogP) is 3.55. The zero-order valence-corrected chi connectivity index (χ0v) is 13.2. The van der Waals surface area contributed by atoms with Crippen LogP contribution in [0.1, 0.15) is 51.5 Å². The molecule has 1 aliphatic rings. The van der Waals surface area contributed by atoms with E-state index in [0.29, 0.717) is 6.04 Å². The van der Waals surface area contributed by atoms with E-state index in [9.17, 15) is 5.11 Å². The van der Waals surface area contributed by atoms with E-state index in [-0.39, 0.29) is 0 Å². The van der Waals surface area contributed by atoms with Gasteiger partial charge >= 0.3 is 0 Å². The van der Waals surface area contributed by atoms with Gasteiger partial charge in [0.2, 0.25) is 0 Å². The second-order valence-electron chi connectivity index (χ2n) is 6.74. The van der Waals surface area contributed by atoms with Crippen molar-refractivity contribution in [3.8, 4) is 0 Å². The van der Waals surface area contributed by atoms with Gasteiger partial charge in [-0.1, -0.05) is 25.3 Å². The number of rotatable bonds is 3. The van der Waals surface area contributed by atoms with E-state index in [1.807, 2.05) is 37.7 Å². The maximum atomic E-state index is 10.2. The molecule has 2 N–H and O–H groups in total. The highest BCUT2D eigenvalue weighted by molar-refractivity contribution is 5.91. The van der Waals surface area contributed by atoms with E-state index in [1.54, 1.807) is 0 Å². The Labute approximate surface area is 126 Å². The molecule has 1 heterocycles. The molecule has 114 valence electrons. The van der Waals surface area contributed by atoms with Crippen molar-refractivity contribution in [3.63, 3.8) is 0 Å². The highest BCUT2D eigenvalue weighted by Gasteiger charge is 2.20. The van der Waals surface area contributed by atoms with Crippen LogP contribution in [0.25, 0.3) is 10.9 Å². The zero-order valence-electron chi connectivity index (χ0n) is 13.2. The van der Waals surface area contributed by atoms with Gasteiger partial charge < -0.3 is 10.4 Å². The molecule has 0 spiro atoms. The van der Waals surface area contributed by atoms with Gasteiger partial charge in [0.15, 0.2) is 5.82 Å². The SMILES string of the molecule is Cn1nc(NC2CCCCC2)c2cc(C(C)(C)O)ccc21. The third-order valence-corrected chi connectivity index (χ3v) is 4.50. The number of hydrogen-bond acceptors (Lipinski definition) is 3. The normalized spacial score (nSPS) is 17.3. The Morgan fingerprint density at radius 3 is 2.62 bits per heavy atom. The van der Waals surface area contributed by atoms with Gasteiger partial charge in [-0.2, -0.15) is 5.10 Å². The highest BCUT2D eigenvalue weighted by Crippen LogP contribution is 2.30. The smallest absolute Gasteiger partial charge is 0.156 e. The molecule has 0 aliphatic heterocycles. The lowest BCUT2D eigenvalue weighted by Crippen LogP contribution is -2.22. The molecule has 0 amide bonds. The first-order valence-corrected chi connectivity index (χ1v) is 7.91. The summed E-state index contributed by atoms with van der Waals surface area (Å²) in [5, 5.41) is 19.6. The molecule has 0 atom stereocenters. The fourth-order valence-corrected chi connectivity index (χ4v) is 3.19. The molecule has 21 heavy (non-hydrogen) atoms. The van der Waals surface area contributed by atoms with Crippen LogP contribution in [-0.2, 0) is 12.6 Å². The lowest BCUT2D eigenvalue weighted by Gasteiger charge is -2.23. The van der Waals surface area contributed by atoms with Crippen LogP contribution in [0.5, 0.6) is 0 Å². The minimum absolute atomic E-state index is 0.530. The number of anilines is 1. The largest absolute Gasteiger partial charge is 0.386 e. The molecule has 3 rings (SSSR count). The van der Waals surface area contributed by atoms with E-state index in [0.717, 1.165) is 22.3 Å². The second-order valence-corrected chi connectivity index (χ2v) is 6.74. The summed E-state index contributed by atoms with van der Waals surface area (Å²) in [6.07, 6.45) is 6.41. The van der Waals surface area contributed by atoms with Crippen LogP contribution < -0.4 is 5.32 Å². The molecule has 1 fully saturated rings. The maximum Gasteiger partial charge on any atom is 0.156 e. The molecule has 1 aromatic heterocycles. The molecule has 0 bridgehead atoms. The number of fused-ring (bicyclic) bond motifs is 1. The third-order valence-electron chi connectivity index (χ3n) is 4.50. The fourth-order valence-electron chi connectivity index (χ4n) is 3.19. The van der Waals surface area contributed by atoms with Crippen LogP contribution in [0.4, 0.5) is 5.82 Å². The average Bonchev–Trinajstić information content (AvgIpc) is 2.75. The summed E-state index contributed by atoms with van der Waals surface area (Å²) in [7, 11) is 1.97. The number of benzene rings is 1. The lowest BCUT2D eigenvalue weighted by molar-refractivity contribution is 0.0787. The Balaban J connectivity index is 1.97. The van der Waals surface area contributed by atoms with Gasteiger partial charge in [-0.3, -0.25) is 4.68 Å². The zero-order chi connectivity index (χ0) is 15.0. The minimum atomic E-state index is -0.827. The van der Waals surface area contributed by atoms with Crippen LogP contribution in [0, 0.1) is 0 Å². The Kier molecular flexibility index (Phi) is 3.66. The molecule has 0 unspecified atom stereocenters. The molecule has 4 nitrogen and oxygen atoms in total. The van der Waals surface area contributed by atoms with Gasteiger partial charge in [0, 0.05) is 18.5 Å². The summed E-state index contributed by atoms with van der Waals surface area (Å²) < 4.78 is 1.91. The number of hydrogen-bond donors (Lipinski definition) is 2. The molecule has 0 radical (unpaired) electrons. The molecule has 4 heteroatoms. The number of aryl methyl sites for hydroxylation is 1. The highest BCUT2D eigenvalue weighted by atomic mass is 16.3. The van der Waals surface area contributed by atoms with Crippen molar-refractivity contribution in [2.24, 2.45) is 7.05 Å². The van der Waals surface area contributed by atoms with Crippen molar-refractivity contribution in [2.75, 3.05) is 5.32 Å². The molecule has 2 aromatic rings. The van der Waals surface area contributed by atoms with Gasteiger partial charge in [-0.05, 0) is 44.4 Å². The van der Waals surface area contributed by atoms with Gasteiger partial charge in [0.25, 0.3) is 0 Å². The first-order valence-electron chi connectivity index (χ1n) is 7.91. The Hall–Kier alpha value is -1.55. The van der Waals surface area contributed by atoms with Crippen molar-refractivity contribution >= 4 is 16.7 Å². The minimum Gasteiger partial charge on any atom is -0.386 e. The molecule has 1 aromatic carbocycles. The standard InChI is InChI=1S/C17H25N3O/c1-17(2,21)12-9-10-15-14(11-12)16(19-20(15)3)18-13-7-5-4-6-8-13/h9-11,13,21H,4-8H2,1-3H3,(H,18,19). The van der Waals surface area contributed by atoms with Crippen LogP contribution in [0.2, 0.25) is 0 Å². The van der Waals surface area contributed by atoms with Crippen LogP contribution >= 0.6 is 0 Å². The van der Waals surface area contributed by atoms with Gasteiger partial charge in [-0.25, -0.2) is 0 Å². The fraction of sp³-hybridized carbons (Fsp3) is 0.588. The molecule has 1 aliphatic carbocycles. The van der Waals surface area contributed by atoms with Crippen molar-refractivity contribution in [1.29, 1.82) is 0 Å². The molecule has 1 saturated carbocycles. The van der Waals surface area contributed by atoms with Gasteiger partial charge in [0.1, 0.15) is 0 Å². The summed E-state index contributed by atoms with van der Waals surface area (Å²) in [6, 6.07) is 6.62. The maximum absolute atomic E-state index is 10.2. The quantitative estimate of drug-likeness (QED) is 0.907. The Morgan fingerprint density at radius 1 is 1.24 bits per heavy atom. The molecule has 0 saturated heterocycles. The number of aliphatic hydroxyl groups is 1. The average molecular weight is 287 g/mol. The first-order chi connectivity index (χ1) is 9.95. The van der Waals surface area contributed by atoms with Gasteiger partial charge in [-0.15, -0.1) is 0 Å². The number of nitrogens with one attached hydrogen (secondary N) is 1. The Bertz CT molecular complexity index is 633. The van der Waals surface area contributed by atoms with Crippen LogP contribution in [-0.4, -0.2) is 20.9 Å². The van der Waals surface area contributed by atoms with Crippen molar-refractivity contribution in [1.82, 2.24) is 9.78 Å². The third kappa shape index (κ3) is 2.91. The van der Waals surface area contributed by atoms with E-state index in [1.165, 1.54) is 32.1 Å². The summed E-state index contributed by atoms with van der Waals surface area (Å²) in [5.74, 6) is 0.950. The predicted molar refractivity (Wildman–Crippen MR) is 86.5 cm³/mol. The van der Waals surface area contributed by atoms with Crippen molar-refractivity contribution < 1.29 is 5.11 Å². The Morgan fingerprint density at radius 2 is 1.95 bits per heavy atom. The van der Waals surface area contributed by atoms with Gasteiger partial charge in [0.05, 0.1) is 11.1 Å². The monoisotopic (exact) mass is 287 g/mol. The van der Waals surface area contributed by atoms with E-state index in [2.05, 4.69) is 16.5 Å². The summed E-state index contributed by atoms with van der Waals surface area (Å²) >= 11 is 0. The van der Waals surface area contributed by atoms with Crippen LogP contribution in [0.15, 0.2) is 18.2 Å². The summed E-state index contributed by atoms with van der Waals surface area (Å²) in [5.41, 5.74) is 1.20. The van der Waals surface area contributed by atoms with E-state index >= 15 is 0 Å². The van der Waals surface area contributed by atoms with Crippen LogP contribution in [0.3, 0.4) is 0 Å². The second kappa shape index (κ2) is 5.34. The summed E-state index contributed by atoms with van der Waals surface area (Å²) in [6.45, 7) is 3.64. The molecular weight excluding hydrogens is 262 g/mol. The number of nitrogens with zero attached hydrogens (tertiary/aromatic N) is 2. The van der Waals surface area contributed by atoms with Crippen molar-refractivity contribution in [3.05, 3.63) is 23.8 Å². The number of aromatic nitrogens is 2. The molecular formula is C17H25N3O. The lowest BCUT2D eigenvalue weighted by atomic mass is 9.95. The van der Waals surface area contributed by atoms with E-state index < -0.39 is 5.60 Å². The topological polar surface area (TPSA) is 50.1 Å². The van der Waals surface area contributed by atoms with E-state index in [4.69, 9.17) is 0 Å².